The second kappa shape index (κ2) is 9.88. The van der Waals surface area contributed by atoms with Crippen molar-refractivity contribution in [3.8, 4) is 0 Å². The Morgan fingerprint density at radius 2 is 2.08 bits per heavy atom. The van der Waals surface area contributed by atoms with Crippen LogP contribution in [0.15, 0.2) is 18.3 Å². The summed E-state index contributed by atoms with van der Waals surface area (Å²) in [7, 11) is 0. The second-order valence-corrected chi connectivity index (χ2v) is 7.33. The number of ether oxygens (including phenoxy) is 1. The molecule has 1 aromatic heterocycles. The highest BCUT2D eigenvalue weighted by atomic mass is 16.5. The highest BCUT2D eigenvalue weighted by Crippen LogP contribution is 2.20. The molecular weight excluding hydrogens is 328 g/mol. The third kappa shape index (κ3) is 5.95. The van der Waals surface area contributed by atoms with E-state index in [-0.39, 0.29) is 24.2 Å². The van der Waals surface area contributed by atoms with E-state index in [1.165, 1.54) is 0 Å². The summed E-state index contributed by atoms with van der Waals surface area (Å²) in [5.41, 5.74) is 1.50. The SMILES string of the molecule is CCCN(CC)C[C@@H](C)NC(=O)c1cc(N2CC(C)OC(C)C2)ccn1. The lowest BCUT2D eigenvalue weighted by atomic mass is 10.2. The van der Waals surface area contributed by atoms with Crippen molar-refractivity contribution in [1.29, 1.82) is 0 Å². The minimum atomic E-state index is -0.110. The number of aromatic nitrogens is 1. The molecule has 3 atom stereocenters. The first-order chi connectivity index (χ1) is 12.4. The van der Waals surface area contributed by atoms with Gasteiger partial charge in [0.25, 0.3) is 5.91 Å². The van der Waals surface area contributed by atoms with E-state index in [9.17, 15) is 4.79 Å². The Bertz CT molecular complexity index is 571. The summed E-state index contributed by atoms with van der Waals surface area (Å²) >= 11 is 0. The number of nitrogens with one attached hydrogen (secondary N) is 1. The van der Waals surface area contributed by atoms with E-state index in [1.54, 1.807) is 6.20 Å². The van der Waals surface area contributed by atoms with Gasteiger partial charge in [0.2, 0.25) is 0 Å². The van der Waals surface area contributed by atoms with Crippen LogP contribution in [0.1, 0.15) is 51.5 Å². The molecule has 1 aromatic rings. The van der Waals surface area contributed by atoms with Crippen molar-refractivity contribution >= 4 is 11.6 Å². The summed E-state index contributed by atoms with van der Waals surface area (Å²) in [6.45, 7) is 15.1. The molecule has 6 nitrogen and oxygen atoms in total. The molecule has 26 heavy (non-hydrogen) atoms. The summed E-state index contributed by atoms with van der Waals surface area (Å²) in [6.07, 6.45) is 3.20. The van der Waals surface area contributed by atoms with Gasteiger partial charge in [0.1, 0.15) is 5.69 Å². The third-order valence-electron chi connectivity index (χ3n) is 4.66. The Morgan fingerprint density at radius 3 is 2.69 bits per heavy atom. The van der Waals surface area contributed by atoms with Crippen molar-refractivity contribution < 1.29 is 9.53 Å². The minimum absolute atomic E-state index is 0.0860. The van der Waals surface area contributed by atoms with Gasteiger partial charge in [0, 0.05) is 37.6 Å². The van der Waals surface area contributed by atoms with Gasteiger partial charge >= 0.3 is 0 Å². The maximum atomic E-state index is 12.6. The molecule has 1 aliphatic heterocycles. The van der Waals surface area contributed by atoms with E-state index in [1.807, 2.05) is 19.1 Å². The van der Waals surface area contributed by atoms with E-state index in [0.29, 0.717) is 5.69 Å². The zero-order valence-corrected chi connectivity index (χ0v) is 16.9. The number of morpholine rings is 1. The van der Waals surface area contributed by atoms with Crippen LogP contribution in [0.4, 0.5) is 5.69 Å². The van der Waals surface area contributed by atoms with Crippen LogP contribution in [0.25, 0.3) is 0 Å². The van der Waals surface area contributed by atoms with E-state index in [0.717, 1.165) is 44.8 Å². The Morgan fingerprint density at radius 1 is 1.38 bits per heavy atom. The standard InChI is InChI=1S/C20H34N4O2/c1-6-10-23(7-2)12-15(3)22-20(25)19-11-18(8-9-21-19)24-13-16(4)26-17(5)14-24/h8-9,11,15-17H,6-7,10,12-14H2,1-5H3,(H,22,25)/t15-,16?,17?/m1/s1. The Labute approximate surface area is 157 Å². The van der Waals surface area contributed by atoms with Crippen molar-refractivity contribution in [2.45, 2.75) is 59.3 Å². The van der Waals surface area contributed by atoms with E-state index in [4.69, 9.17) is 4.74 Å². The number of amides is 1. The molecule has 1 aliphatic rings. The highest BCUT2D eigenvalue weighted by molar-refractivity contribution is 5.93. The highest BCUT2D eigenvalue weighted by Gasteiger charge is 2.23. The molecule has 1 fully saturated rings. The van der Waals surface area contributed by atoms with Gasteiger partial charge in [-0.05, 0) is 52.4 Å². The van der Waals surface area contributed by atoms with E-state index < -0.39 is 0 Å². The lowest BCUT2D eigenvalue weighted by Gasteiger charge is -2.36. The molecule has 1 saturated heterocycles. The summed E-state index contributed by atoms with van der Waals surface area (Å²) in [4.78, 5) is 21.5. The first-order valence-electron chi connectivity index (χ1n) is 9.82. The molecule has 146 valence electrons. The summed E-state index contributed by atoms with van der Waals surface area (Å²) in [5, 5.41) is 3.08. The number of hydrogen-bond acceptors (Lipinski definition) is 5. The third-order valence-corrected chi connectivity index (χ3v) is 4.66. The lowest BCUT2D eigenvalue weighted by Crippen LogP contribution is -2.45. The number of pyridine rings is 1. The average molecular weight is 363 g/mol. The summed E-state index contributed by atoms with van der Waals surface area (Å²) in [6, 6.07) is 3.93. The number of carbonyl (C=O) groups is 1. The normalized spacial score (nSPS) is 21.7. The first kappa shape index (κ1) is 20.6. The largest absolute Gasteiger partial charge is 0.372 e. The maximum absolute atomic E-state index is 12.6. The van der Waals surface area contributed by atoms with Crippen molar-refractivity contribution in [3.05, 3.63) is 24.0 Å². The number of hydrogen-bond donors (Lipinski definition) is 1. The molecule has 0 radical (unpaired) electrons. The summed E-state index contributed by atoms with van der Waals surface area (Å²) < 4.78 is 5.79. The number of likely N-dealkylation sites (N-methyl/N-ethyl adjacent to an activating group) is 1. The molecule has 0 aliphatic carbocycles. The molecule has 2 rings (SSSR count). The molecule has 0 saturated carbocycles. The molecule has 0 bridgehead atoms. The van der Waals surface area contributed by atoms with Gasteiger partial charge in [-0.3, -0.25) is 9.78 Å². The Balaban J connectivity index is 1.99. The van der Waals surface area contributed by atoms with Crippen LogP contribution >= 0.6 is 0 Å². The quantitative estimate of drug-likeness (QED) is 0.770. The minimum Gasteiger partial charge on any atom is -0.372 e. The van der Waals surface area contributed by atoms with Crippen LogP contribution < -0.4 is 10.2 Å². The van der Waals surface area contributed by atoms with E-state index in [2.05, 4.69) is 47.8 Å². The van der Waals surface area contributed by atoms with Gasteiger partial charge in [-0.1, -0.05) is 13.8 Å². The van der Waals surface area contributed by atoms with Crippen molar-refractivity contribution in [2.75, 3.05) is 37.6 Å². The van der Waals surface area contributed by atoms with Crippen molar-refractivity contribution in [3.63, 3.8) is 0 Å². The molecule has 6 heteroatoms. The Hall–Kier alpha value is -1.66. The smallest absolute Gasteiger partial charge is 0.270 e. The predicted octanol–water partition coefficient (Wildman–Crippen LogP) is 2.55. The van der Waals surface area contributed by atoms with Crippen LogP contribution in [0.5, 0.6) is 0 Å². The van der Waals surface area contributed by atoms with Crippen molar-refractivity contribution in [2.24, 2.45) is 0 Å². The first-order valence-corrected chi connectivity index (χ1v) is 9.82. The predicted molar refractivity (Wildman–Crippen MR) is 106 cm³/mol. The summed E-state index contributed by atoms with van der Waals surface area (Å²) in [5.74, 6) is -0.110. The van der Waals surface area contributed by atoms with Gasteiger partial charge < -0.3 is 19.9 Å². The number of carbonyl (C=O) groups excluding carboxylic acids is 1. The van der Waals surface area contributed by atoms with Crippen LogP contribution in [0.2, 0.25) is 0 Å². The zero-order valence-electron chi connectivity index (χ0n) is 16.9. The molecule has 2 heterocycles. The van der Waals surface area contributed by atoms with Gasteiger partial charge in [0.05, 0.1) is 12.2 Å². The van der Waals surface area contributed by atoms with Crippen molar-refractivity contribution in [1.82, 2.24) is 15.2 Å². The van der Waals surface area contributed by atoms with Crippen LogP contribution in [-0.2, 0) is 4.74 Å². The van der Waals surface area contributed by atoms with Crippen LogP contribution in [0.3, 0.4) is 0 Å². The fraction of sp³-hybridized carbons (Fsp3) is 0.700. The number of nitrogens with zero attached hydrogens (tertiary/aromatic N) is 3. The number of anilines is 1. The van der Waals surface area contributed by atoms with Gasteiger partial charge in [-0.2, -0.15) is 0 Å². The lowest BCUT2D eigenvalue weighted by molar-refractivity contribution is -0.00522. The molecular formula is C20H34N4O2. The molecule has 1 N–H and O–H groups in total. The van der Waals surface area contributed by atoms with E-state index >= 15 is 0 Å². The van der Waals surface area contributed by atoms with Gasteiger partial charge in [0.15, 0.2) is 0 Å². The molecule has 0 aromatic carbocycles. The molecule has 0 spiro atoms. The van der Waals surface area contributed by atoms with Crippen LogP contribution in [-0.4, -0.2) is 66.8 Å². The number of rotatable bonds is 8. The second-order valence-electron chi connectivity index (χ2n) is 7.33. The molecule has 2 unspecified atom stereocenters. The Kier molecular flexibility index (Phi) is 7.85. The zero-order chi connectivity index (χ0) is 19.1. The molecule has 1 amide bonds. The van der Waals surface area contributed by atoms with Gasteiger partial charge in [-0.15, -0.1) is 0 Å². The fourth-order valence-corrected chi connectivity index (χ4v) is 3.55. The monoisotopic (exact) mass is 362 g/mol. The van der Waals surface area contributed by atoms with Gasteiger partial charge in [-0.25, -0.2) is 0 Å². The maximum Gasteiger partial charge on any atom is 0.270 e. The fourth-order valence-electron chi connectivity index (χ4n) is 3.55. The topological polar surface area (TPSA) is 57.7 Å². The van der Waals surface area contributed by atoms with Crippen LogP contribution in [0, 0.1) is 0 Å². The average Bonchev–Trinajstić information content (AvgIpc) is 2.60.